The molecule has 0 aliphatic rings. The van der Waals surface area contributed by atoms with Crippen LogP contribution in [0.25, 0.3) is 0 Å². The highest BCUT2D eigenvalue weighted by Crippen LogP contribution is 2.22. The maximum Gasteiger partial charge on any atom is 0.328 e. The molecule has 0 heterocycles. The highest BCUT2D eigenvalue weighted by atomic mass is 35.5. The van der Waals surface area contributed by atoms with E-state index in [-0.39, 0.29) is 11.3 Å². The summed E-state index contributed by atoms with van der Waals surface area (Å²) in [6.45, 7) is 6.33. The number of ether oxygens (including phenoxy) is 1. The summed E-state index contributed by atoms with van der Waals surface area (Å²) in [6.07, 6.45) is 0.305. The van der Waals surface area contributed by atoms with E-state index in [0.717, 1.165) is 11.1 Å². The number of hydrogen-bond donors (Lipinski definition) is 1. The third-order valence-electron chi connectivity index (χ3n) is 4.13. The third-order valence-corrected chi connectivity index (χ3v) is 4.37. The number of methoxy groups -OCH3 is 1. The molecule has 0 spiro atoms. The average Bonchev–Trinajstić information content (AvgIpc) is 2.59. The van der Waals surface area contributed by atoms with E-state index in [4.69, 9.17) is 16.3 Å². The molecule has 0 aliphatic carbocycles. The van der Waals surface area contributed by atoms with E-state index in [1.807, 2.05) is 18.2 Å². The number of halogens is 1. The molecule has 0 aromatic heterocycles. The zero-order valence-electron chi connectivity index (χ0n) is 15.5. The highest BCUT2D eigenvalue weighted by molar-refractivity contribution is 6.30. The predicted octanol–water partition coefficient (Wildman–Crippen LogP) is 4.15. The number of hydrogen-bond acceptors (Lipinski definition) is 3. The first kappa shape index (κ1) is 20.0. The van der Waals surface area contributed by atoms with Crippen LogP contribution in [0.5, 0.6) is 0 Å². The number of benzene rings is 2. The van der Waals surface area contributed by atoms with Crippen LogP contribution >= 0.6 is 11.6 Å². The van der Waals surface area contributed by atoms with Gasteiger partial charge >= 0.3 is 5.97 Å². The molecule has 2 aromatic rings. The van der Waals surface area contributed by atoms with Crippen molar-refractivity contribution in [3.05, 3.63) is 70.2 Å². The molecule has 0 aliphatic heterocycles. The number of rotatable bonds is 5. The lowest BCUT2D eigenvalue weighted by Crippen LogP contribution is -2.43. The van der Waals surface area contributed by atoms with Gasteiger partial charge in [0.25, 0.3) is 5.91 Å². The van der Waals surface area contributed by atoms with E-state index < -0.39 is 12.0 Å². The molecule has 0 saturated heterocycles. The van der Waals surface area contributed by atoms with Gasteiger partial charge < -0.3 is 10.1 Å². The normalized spacial score (nSPS) is 12.3. The summed E-state index contributed by atoms with van der Waals surface area (Å²) in [5, 5.41) is 3.33. The number of amides is 1. The molecule has 5 heteroatoms. The molecule has 0 saturated carbocycles. The Morgan fingerprint density at radius 2 is 1.77 bits per heavy atom. The molecule has 4 nitrogen and oxygen atoms in total. The third kappa shape index (κ3) is 5.33. The SMILES string of the molecule is COC(=O)[C@@H](Cc1cccc(Cl)c1)NC(=O)c1ccc(C(C)(C)C)cc1. The Kier molecular flexibility index (Phi) is 6.43. The average molecular weight is 374 g/mol. The minimum Gasteiger partial charge on any atom is -0.467 e. The second-order valence-electron chi connectivity index (χ2n) is 7.21. The van der Waals surface area contributed by atoms with Crippen LogP contribution in [0.3, 0.4) is 0 Å². The summed E-state index contributed by atoms with van der Waals surface area (Å²) < 4.78 is 4.83. The molecule has 0 radical (unpaired) electrons. The van der Waals surface area contributed by atoms with Gasteiger partial charge in [0, 0.05) is 17.0 Å². The lowest BCUT2D eigenvalue weighted by atomic mass is 9.86. The Bertz CT molecular complexity index is 779. The Hall–Kier alpha value is -2.33. The van der Waals surface area contributed by atoms with Crippen molar-refractivity contribution in [3.8, 4) is 0 Å². The minimum atomic E-state index is -0.784. The second-order valence-corrected chi connectivity index (χ2v) is 7.65. The Morgan fingerprint density at radius 3 is 2.31 bits per heavy atom. The minimum absolute atomic E-state index is 0.0101. The van der Waals surface area contributed by atoms with Gasteiger partial charge in [-0.05, 0) is 40.8 Å². The number of esters is 1. The van der Waals surface area contributed by atoms with Crippen molar-refractivity contribution in [1.82, 2.24) is 5.32 Å². The van der Waals surface area contributed by atoms with Gasteiger partial charge in [-0.15, -0.1) is 0 Å². The van der Waals surface area contributed by atoms with Crippen molar-refractivity contribution in [3.63, 3.8) is 0 Å². The van der Waals surface area contributed by atoms with Crippen LogP contribution in [0.2, 0.25) is 5.02 Å². The summed E-state index contributed by atoms with van der Waals surface area (Å²) in [5.41, 5.74) is 2.49. The largest absolute Gasteiger partial charge is 0.467 e. The first-order chi connectivity index (χ1) is 12.2. The molecule has 1 atom stereocenters. The molecule has 26 heavy (non-hydrogen) atoms. The summed E-state index contributed by atoms with van der Waals surface area (Å²) >= 11 is 5.99. The molecular weight excluding hydrogens is 350 g/mol. The Balaban J connectivity index is 2.14. The van der Waals surface area contributed by atoms with Gasteiger partial charge in [-0.1, -0.05) is 56.6 Å². The highest BCUT2D eigenvalue weighted by Gasteiger charge is 2.23. The van der Waals surface area contributed by atoms with Crippen molar-refractivity contribution >= 4 is 23.5 Å². The van der Waals surface area contributed by atoms with Crippen LogP contribution in [0.15, 0.2) is 48.5 Å². The summed E-state index contributed by atoms with van der Waals surface area (Å²) in [7, 11) is 1.30. The second kappa shape index (κ2) is 8.37. The van der Waals surface area contributed by atoms with Gasteiger partial charge in [-0.25, -0.2) is 4.79 Å². The molecule has 0 unspecified atom stereocenters. The molecule has 1 amide bonds. The van der Waals surface area contributed by atoms with Crippen LogP contribution in [-0.4, -0.2) is 25.0 Å². The smallest absolute Gasteiger partial charge is 0.328 e. The van der Waals surface area contributed by atoms with Gasteiger partial charge in [0.05, 0.1) is 7.11 Å². The van der Waals surface area contributed by atoms with Crippen molar-refractivity contribution in [2.24, 2.45) is 0 Å². The molecule has 138 valence electrons. The maximum absolute atomic E-state index is 12.5. The van der Waals surface area contributed by atoms with E-state index in [1.165, 1.54) is 7.11 Å². The van der Waals surface area contributed by atoms with E-state index in [9.17, 15) is 9.59 Å². The molecule has 2 rings (SSSR count). The molecular formula is C21H24ClNO3. The predicted molar refractivity (Wildman–Crippen MR) is 104 cm³/mol. The van der Waals surface area contributed by atoms with E-state index >= 15 is 0 Å². The van der Waals surface area contributed by atoms with Crippen LogP contribution in [-0.2, 0) is 21.4 Å². The van der Waals surface area contributed by atoms with E-state index in [2.05, 4.69) is 26.1 Å². The lowest BCUT2D eigenvalue weighted by Gasteiger charge is -2.20. The fourth-order valence-corrected chi connectivity index (χ4v) is 2.81. The number of carbonyl (C=O) groups is 2. The maximum atomic E-state index is 12.5. The van der Waals surface area contributed by atoms with E-state index in [0.29, 0.717) is 17.0 Å². The fraction of sp³-hybridized carbons (Fsp3) is 0.333. The van der Waals surface area contributed by atoms with Crippen molar-refractivity contribution in [1.29, 1.82) is 0 Å². The van der Waals surface area contributed by atoms with Crippen molar-refractivity contribution < 1.29 is 14.3 Å². The van der Waals surface area contributed by atoms with Crippen LogP contribution in [0.1, 0.15) is 42.3 Å². The summed E-state index contributed by atoms with van der Waals surface area (Å²) in [6, 6.07) is 13.8. The van der Waals surface area contributed by atoms with Crippen LogP contribution < -0.4 is 5.32 Å². The summed E-state index contributed by atoms with van der Waals surface area (Å²) in [5.74, 6) is -0.812. The van der Waals surface area contributed by atoms with Crippen LogP contribution in [0, 0.1) is 0 Å². The Morgan fingerprint density at radius 1 is 1.12 bits per heavy atom. The van der Waals surface area contributed by atoms with Crippen LogP contribution in [0.4, 0.5) is 0 Å². The molecule has 0 fully saturated rings. The molecule has 1 N–H and O–H groups in total. The monoisotopic (exact) mass is 373 g/mol. The fourth-order valence-electron chi connectivity index (χ4n) is 2.60. The van der Waals surface area contributed by atoms with Crippen molar-refractivity contribution in [2.75, 3.05) is 7.11 Å². The zero-order valence-corrected chi connectivity index (χ0v) is 16.3. The first-order valence-corrected chi connectivity index (χ1v) is 8.82. The number of carbonyl (C=O) groups excluding carboxylic acids is 2. The molecule has 2 aromatic carbocycles. The lowest BCUT2D eigenvalue weighted by molar-refractivity contribution is -0.142. The quantitative estimate of drug-likeness (QED) is 0.801. The molecule has 0 bridgehead atoms. The zero-order chi connectivity index (χ0) is 19.3. The van der Waals surface area contributed by atoms with Gasteiger partial charge in [0.1, 0.15) is 6.04 Å². The summed E-state index contributed by atoms with van der Waals surface area (Å²) in [4.78, 5) is 24.6. The van der Waals surface area contributed by atoms with Gasteiger partial charge in [0.15, 0.2) is 0 Å². The van der Waals surface area contributed by atoms with Crippen molar-refractivity contribution in [2.45, 2.75) is 38.6 Å². The van der Waals surface area contributed by atoms with Gasteiger partial charge in [-0.3, -0.25) is 4.79 Å². The number of nitrogens with one attached hydrogen (secondary N) is 1. The standard InChI is InChI=1S/C21H24ClNO3/c1-21(2,3)16-10-8-15(9-11-16)19(24)23-18(20(25)26-4)13-14-6-5-7-17(22)12-14/h5-12,18H,13H2,1-4H3,(H,23,24)/t18-/m1/s1. The first-order valence-electron chi connectivity index (χ1n) is 8.44. The van der Waals surface area contributed by atoms with Gasteiger partial charge in [-0.2, -0.15) is 0 Å². The Labute approximate surface area is 159 Å². The topological polar surface area (TPSA) is 55.4 Å². The van der Waals surface area contributed by atoms with Gasteiger partial charge in [0.2, 0.25) is 0 Å². The van der Waals surface area contributed by atoms with E-state index in [1.54, 1.807) is 30.3 Å².